The third-order valence-electron chi connectivity index (χ3n) is 5.27. The first-order valence-corrected chi connectivity index (χ1v) is 9.88. The summed E-state index contributed by atoms with van der Waals surface area (Å²) in [6.07, 6.45) is 0. The van der Waals surface area contributed by atoms with Crippen molar-refractivity contribution in [1.82, 2.24) is 9.80 Å². The van der Waals surface area contributed by atoms with Crippen molar-refractivity contribution < 1.29 is 14.3 Å². The Morgan fingerprint density at radius 2 is 1.54 bits per heavy atom. The Morgan fingerprint density at radius 3 is 2.21 bits per heavy atom. The van der Waals surface area contributed by atoms with Gasteiger partial charge in [-0.15, -0.1) is 12.6 Å². The fourth-order valence-electron chi connectivity index (χ4n) is 3.36. The van der Waals surface area contributed by atoms with Gasteiger partial charge in [-0.05, 0) is 49.6 Å². The number of thiol groups is 1. The van der Waals surface area contributed by atoms with Gasteiger partial charge in [-0.2, -0.15) is 0 Å². The van der Waals surface area contributed by atoms with E-state index >= 15 is 0 Å². The van der Waals surface area contributed by atoms with Crippen LogP contribution >= 0.6 is 12.6 Å². The fourth-order valence-corrected chi connectivity index (χ4v) is 3.61. The van der Waals surface area contributed by atoms with Gasteiger partial charge in [0.05, 0.1) is 5.56 Å². The van der Waals surface area contributed by atoms with Crippen LogP contribution in [0.25, 0.3) is 0 Å². The molecule has 1 aliphatic rings. The number of amides is 2. The topological polar surface area (TPSA) is 49.9 Å². The summed E-state index contributed by atoms with van der Waals surface area (Å²) in [5.41, 5.74) is 3.83. The van der Waals surface area contributed by atoms with Crippen LogP contribution in [0.1, 0.15) is 27.0 Å². The Hall–Kier alpha value is -2.47. The third kappa shape index (κ3) is 4.33. The highest BCUT2D eigenvalue weighted by molar-refractivity contribution is 7.80. The summed E-state index contributed by atoms with van der Waals surface area (Å²) in [5, 5.41) is 0. The fraction of sp³-hybridized carbons (Fsp3) is 0.364. The minimum atomic E-state index is -0.0537. The second kappa shape index (κ2) is 8.69. The molecule has 0 unspecified atom stereocenters. The summed E-state index contributed by atoms with van der Waals surface area (Å²) in [5.74, 6) is 0.689. The molecule has 0 saturated carbocycles. The van der Waals surface area contributed by atoms with Gasteiger partial charge < -0.3 is 14.5 Å². The Labute approximate surface area is 171 Å². The average molecular weight is 399 g/mol. The Bertz CT molecular complexity index is 889. The summed E-state index contributed by atoms with van der Waals surface area (Å²) in [7, 11) is 0. The van der Waals surface area contributed by atoms with Crippen molar-refractivity contribution in [3.8, 4) is 5.75 Å². The lowest BCUT2D eigenvalue weighted by Crippen LogP contribution is -2.51. The molecule has 1 aliphatic heterocycles. The smallest absolute Gasteiger partial charge is 0.260 e. The zero-order valence-electron chi connectivity index (χ0n) is 16.6. The Morgan fingerprint density at radius 1 is 0.929 bits per heavy atom. The van der Waals surface area contributed by atoms with E-state index in [1.165, 1.54) is 0 Å². The highest BCUT2D eigenvalue weighted by atomic mass is 32.1. The molecule has 0 aromatic heterocycles. The van der Waals surface area contributed by atoms with E-state index in [1.807, 2.05) is 45.0 Å². The molecule has 0 N–H and O–H groups in total. The van der Waals surface area contributed by atoms with Gasteiger partial charge in [0.25, 0.3) is 11.8 Å². The number of aryl methyl sites for hydroxylation is 2. The van der Waals surface area contributed by atoms with Crippen molar-refractivity contribution in [2.75, 3.05) is 32.8 Å². The van der Waals surface area contributed by atoms with Crippen LogP contribution in [0.2, 0.25) is 0 Å². The lowest BCUT2D eigenvalue weighted by Gasteiger charge is -2.35. The average Bonchev–Trinajstić information content (AvgIpc) is 2.70. The first kappa shape index (κ1) is 20.3. The predicted molar refractivity (Wildman–Crippen MR) is 112 cm³/mol. The Kier molecular flexibility index (Phi) is 6.29. The summed E-state index contributed by atoms with van der Waals surface area (Å²) >= 11 is 4.36. The molecule has 6 heteroatoms. The van der Waals surface area contributed by atoms with Gasteiger partial charge in [-0.1, -0.05) is 24.3 Å². The molecule has 5 nitrogen and oxygen atoms in total. The molecule has 28 heavy (non-hydrogen) atoms. The van der Waals surface area contributed by atoms with E-state index in [9.17, 15) is 9.59 Å². The molecule has 2 aromatic rings. The molecule has 1 fully saturated rings. The zero-order valence-corrected chi connectivity index (χ0v) is 17.5. The number of carbonyl (C=O) groups excluding carboxylic acids is 2. The lowest BCUT2D eigenvalue weighted by molar-refractivity contribution is -0.134. The van der Waals surface area contributed by atoms with E-state index in [-0.39, 0.29) is 18.4 Å². The number of hydrogen-bond acceptors (Lipinski definition) is 4. The number of hydrogen-bond donors (Lipinski definition) is 1. The molecule has 148 valence electrons. The predicted octanol–water partition coefficient (Wildman–Crippen LogP) is 3.26. The number of nitrogens with zero attached hydrogens (tertiary/aromatic N) is 2. The largest absolute Gasteiger partial charge is 0.483 e. The van der Waals surface area contributed by atoms with Gasteiger partial charge in [0.2, 0.25) is 0 Å². The van der Waals surface area contributed by atoms with Crippen LogP contribution in [0.3, 0.4) is 0 Å². The minimum absolute atomic E-state index is 0.0125. The molecule has 1 heterocycles. The van der Waals surface area contributed by atoms with E-state index in [4.69, 9.17) is 4.74 Å². The number of piperazine rings is 1. The summed E-state index contributed by atoms with van der Waals surface area (Å²) in [6.45, 7) is 8.07. The van der Waals surface area contributed by atoms with Crippen LogP contribution in [0.4, 0.5) is 0 Å². The third-order valence-corrected chi connectivity index (χ3v) is 5.66. The first-order chi connectivity index (χ1) is 13.4. The van der Waals surface area contributed by atoms with Gasteiger partial charge in [-0.25, -0.2) is 0 Å². The van der Waals surface area contributed by atoms with Gasteiger partial charge in [0.15, 0.2) is 6.61 Å². The molecule has 0 radical (unpaired) electrons. The van der Waals surface area contributed by atoms with Crippen LogP contribution in [0.5, 0.6) is 5.75 Å². The highest BCUT2D eigenvalue weighted by Gasteiger charge is 2.26. The maximum absolute atomic E-state index is 12.7. The molecular formula is C22H26N2O3S. The maximum atomic E-state index is 12.7. The first-order valence-electron chi connectivity index (χ1n) is 9.43. The highest BCUT2D eigenvalue weighted by Crippen LogP contribution is 2.25. The normalized spacial score (nSPS) is 14.1. The maximum Gasteiger partial charge on any atom is 0.260 e. The second-order valence-corrected chi connectivity index (χ2v) is 7.61. The molecule has 1 saturated heterocycles. The van der Waals surface area contributed by atoms with Gasteiger partial charge in [0.1, 0.15) is 5.75 Å². The molecule has 2 amide bonds. The monoisotopic (exact) mass is 398 g/mol. The summed E-state index contributed by atoms with van der Waals surface area (Å²) < 4.78 is 5.84. The van der Waals surface area contributed by atoms with Crippen LogP contribution < -0.4 is 4.74 Å². The van der Waals surface area contributed by atoms with Gasteiger partial charge in [-0.3, -0.25) is 9.59 Å². The van der Waals surface area contributed by atoms with E-state index in [0.717, 1.165) is 22.4 Å². The van der Waals surface area contributed by atoms with Crippen molar-refractivity contribution in [1.29, 1.82) is 0 Å². The summed E-state index contributed by atoms with van der Waals surface area (Å²) in [4.78, 5) is 29.4. The molecule has 2 aromatic carbocycles. The standard InChI is InChI=1S/C22H26N2O3S/c1-15-8-9-16(2)21(17(15)3)27-14-20(25)23-10-12-24(13-11-23)22(26)18-6-4-5-7-19(18)28/h4-9,28H,10-14H2,1-3H3. The van der Waals surface area contributed by atoms with E-state index in [2.05, 4.69) is 18.7 Å². The SMILES string of the molecule is Cc1ccc(C)c(OCC(=O)N2CCN(C(=O)c3ccccc3S)CC2)c1C. The van der Waals surface area contributed by atoms with Crippen LogP contribution in [0, 0.1) is 20.8 Å². The van der Waals surface area contributed by atoms with Crippen molar-refractivity contribution in [2.24, 2.45) is 0 Å². The molecule has 0 atom stereocenters. The van der Waals surface area contributed by atoms with E-state index in [0.29, 0.717) is 36.6 Å². The second-order valence-electron chi connectivity index (χ2n) is 7.13. The van der Waals surface area contributed by atoms with Crippen molar-refractivity contribution in [3.63, 3.8) is 0 Å². The van der Waals surface area contributed by atoms with Crippen LogP contribution in [0.15, 0.2) is 41.3 Å². The van der Waals surface area contributed by atoms with Gasteiger partial charge >= 0.3 is 0 Å². The molecular weight excluding hydrogens is 372 g/mol. The molecule has 0 spiro atoms. The quantitative estimate of drug-likeness (QED) is 0.805. The van der Waals surface area contributed by atoms with E-state index < -0.39 is 0 Å². The number of rotatable bonds is 4. The van der Waals surface area contributed by atoms with E-state index in [1.54, 1.807) is 15.9 Å². The molecule has 0 aliphatic carbocycles. The summed E-state index contributed by atoms with van der Waals surface area (Å²) in [6, 6.07) is 11.3. The van der Waals surface area contributed by atoms with Crippen LogP contribution in [-0.2, 0) is 4.79 Å². The lowest BCUT2D eigenvalue weighted by atomic mass is 10.1. The zero-order chi connectivity index (χ0) is 20.3. The van der Waals surface area contributed by atoms with Crippen molar-refractivity contribution >= 4 is 24.4 Å². The van der Waals surface area contributed by atoms with Crippen molar-refractivity contribution in [2.45, 2.75) is 25.7 Å². The number of benzene rings is 2. The van der Waals surface area contributed by atoms with Crippen LogP contribution in [-0.4, -0.2) is 54.4 Å². The number of carbonyl (C=O) groups is 2. The molecule has 3 rings (SSSR count). The Balaban J connectivity index is 1.55. The van der Waals surface area contributed by atoms with Crippen molar-refractivity contribution in [3.05, 3.63) is 58.7 Å². The number of ether oxygens (including phenoxy) is 1. The minimum Gasteiger partial charge on any atom is -0.483 e. The molecule has 0 bridgehead atoms. The van der Waals surface area contributed by atoms with Gasteiger partial charge in [0, 0.05) is 31.1 Å².